The summed E-state index contributed by atoms with van der Waals surface area (Å²) in [6.07, 6.45) is -2.56. The number of rotatable bonds is 3. The van der Waals surface area contributed by atoms with Crippen molar-refractivity contribution in [2.45, 2.75) is 12.7 Å². The lowest BCUT2D eigenvalue weighted by Crippen LogP contribution is -2.48. The van der Waals surface area contributed by atoms with Crippen molar-refractivity contribution in [2.24, 2.45) is 0 Å². The van der Waals surface area contributed by atoms with E-state index in [1.165, 1.54) is 12.1 Å². The highest BCUT2D eigenvalue weighted by atomic mass is 19.4. The van der Waals surface area contributed by atoms with Crippen LogP contribution in [0.25, 0.3) is 10.9 Å². The van der Waals surface area contributed by atoms with Crippen molar-refractivity contribution in [1.29, 1.82) is 0 Å². The smallest absolute Gasteiger partial charge is 0.360 e. The predicted molar refractivity (Wildman–Crippen MR) is 101 cm³/mol. The molecule has 0 unspecified atom stereocenters. The number of hydrogen-bond acceptors (Lipinski definition) is 2. The average molecular weight is 387 g/mol. The lowest BCUT2D eigenvalue weighted by Gasteiger charge is -2.34. The fourth-order valence-corrected chi connectivity index (χ4v) is 3.59. The molecule has 1 amide bonds. The second-order valence-electron chi connectivity index (χ2n) is 7.01. The molecular weight excluding hydrogens is 367 g/mol. The first-order chi connectivity index (χ1) is 13.4. The largest absolute Gasteiger partial charge is 0.416 e. The summed E-state index contributed by atoms with van der Waals surface area (Å²) in [7, 11) is 0. The van der Waals surface area contributed by atoms with Crippen LogP contribution in [0.2, 0.25) is 0 Å². The second kappa shape index (κ2) is 7.31. The Labute approximate surface area is 160 Å². The number of para-hydroxylation sites is 1. The number of piperazine rings is 1. The van der Waals surface area contributed by atoms with Crippen LogP contribution in [0.5, 0.6) is 0 Å². The van der Waals surface area contributed by atoms with E-state index >= 15 is 0 Å². The Morgan fingerprint density at radius 2 is 1.64 bits per heavy atom. The van der Waals surface area contributed by atoms with Crippen molar-refractivity contribution in [3.63, 3.8) is 0 Å². The number of H-pyrrole nitrogens is 1. The standard InChI is InChI=1S/C21H20F3N3O/c22-21(23,24)16-7-5-15(6-8-16)14-26-9-11-27(12-10-26)20(28)18-13-25-19-4-2-1-3-17(18)19/h1-8,13,25H,9-12,14H2. The first-order valence-corrected chi connectivity index (χ1v) is 9.16. The first kappa shape index (κ1) is 18.6. The molecule has 4 rings (SSSR count). The SMILES string of the molecule is O=C(c1c[nH]c2ccccc12)N1CCN(Cc2ccc(C(F)(F)F)cc2)CC1. The summed E-state index contributed by atoms with van der Waals surface area (Å²) >= 11 is 0. The molecule has 0 spiro atoms. The molecule has 28 heavy (non-hydrogen) atoms. The third-order valence-electron chi connectivity index (χ3n) is 5.17. The third kappa shape index (κ3) is 3.75. The molecule has 1 aliphatic heterocycles. The van der Waals surface area contributed by atoms with Crippen molar-refractivity contribution < 1.29 is 18.0 Å². The zero-order valence-electron chi connectivity index (χ0n) is 15.2. The molecule has 146 valence electrons. The summed E-state index contributed by atoms with van der Waals surface area (Å²) in [5.41, 5.74) is 1.81. The fourth-order valence-electron chi connectivity index (χ4n) is 3.59. The van der Waals surface area contributed by atoms with Crippen LogP contribution < -0.4 is 0 Å². The average Bonchev–Trinajstić information content (AvgIpc) is 3.12. The first-order valence-electron chi connectivity index (χ1n) is 9.16. The van der Waals surface area contributed by atoms with Crippen LogP contribution in [-0.2, 0) is 12.7 Å². The molecule has 0 bridgehead atoms. The number of benzene rings is 2. The molecule has 1 aromatic heterocycles. The van der Waals surface area contributed by atoms with Gasteiger partial charge in [0.1, 0.15) is 0 Å². The maximum atomic E-state index is 12.9. The lowest BCUT2D eigenvalue weighted by molar-refractivity contribution is -0.137. The van der Waals surface area contributed by atoms with E-state index in [0.29, 0.717) is 38.3 Å². The molecule has 0 radical (unpaired) electrons. The van der Waals surface area contributed by atoms with Crippen molar-refractivity contribution in [2.75, 3.05) is 26.2 Å². The molecule has 4 nitrogen and oxygen atoms in total. The van der Waals surface area contributed by atoms with E-state index < -0.39 is 11.7 Å². The van der Waals surface area contributed by atoms with Gasteiger partial charge in [-0.05, 0) is 23.8 Å². The van der Waals surface area contributed by atoms with Crippen LogP contribution in [0.3, 0.4) is 0 Å². The Bertz CT molecular complexity index is 970. The minimum absolute atomic E-state index is 0.00614. The summed E-state index contributed by atoms with van der Waals surface area (Å²) in [6, 6.07) is 13.0. The van der Waals surface area contributed by atoms with Gasteiger partial charge in [0.25, 0.3) is 5.91 Å². The Morgan fingerprint density at radius 1 is 0.964 bits per heavy atom. The highest BCUT2D eigenvalue weighted by molar-refractivity contribution is 6.06. The monoisotopic (exact) mass is 387 g/mol. The number of carbonyl (C=O) groups excluding carboxylic acids is 1. The van der Waals surface area contributed by atoms with Gasteiger partial charge in [0.15, 0.2) is 0 Å². The highest BCUT2D eigenvalue weighted by Crippen LogP contribution is 2.29. The van der Waals surface area contributed by atoms with E-state index in [-0.39, 0.29) is 5.91 Å². The second-order valence-corrected chi connectivity index (χ2v) is 7.01. The molecule has 2 aromatic carbocycles. The molecule has 1 saturated heterocycles. The quantitative estimate of drug-likeness (QED) is 0.734. The number of amides is 1. The lowest BCUT2D eigenvalue weighted by atomic mass is 10.1. The van der Waals surface area contributed by atoms with Crippen molar-refractivity contribution in [3.8, 4) is 0 Å². The number of nitrogens with one attached hydrogen (secondary N) is 1. The van der Waals surface area contributed by atoms with Crippen LogP contribution in [0, 0.1) is 0 Å². The molecular formula is C21H20F3N3O. The molecule has 1 aliphatic rings. The fraction of sp³-hybridized carbons (Fsp3) is 0.286. The van der Waals surface area contributed by atoms with Gasteiger partial charge in [-0.15, -0.1) is 0 Å². The zero-order valence-corrected chi connectivity index (χ0v) is 15.2. The maximum Gasteiger partial charge on any atom is 0.416 e. The maximum absolute atomic E-state index is 12.9. The summed E-state index contributed by atoms with van der Waals surface area (Å²) in [4.78, 5) is 20.0. The minimum atomic E-state index is -4.31. The number of nitrogens with zero attached hydrogens (tertiary/aromatic N) is 2. The highest BCUT2D eigenvalue weighted by Gasteiger charge is 2.30. The van der Waals surface area contributed by atoms with E-state index in [9.17, 15) is 18.0 Å². The Kier molecular flexibility index (Phi) is 4.85. The van der Waals surface area contributed by atoms with Crippen LogP contribution in [0.1, 0.15) is 21.5 Å². The molecule has 0 saturated carbocycles. The Morgan fingerprint density at radius 3 is 2.32 bits per heavy atom. The van der Waals surface area contributed by atoms with Crippen LogP contribution in [-0.4, -0.2) is 46.9 Å². The number of hydrogen-bond donors (Lipinski definition) is 1. The van der Waals surface area contributed by atoms with Crippen molar-refractivity contribution in [1.82, 2.24) is 14.8 Å². The molecule has 7 heteroatoms. The van der Waals surface area contributed by atoms with Gasteiger partial charge in [-0.2, -0.15) is 13.2 Å². The Hall–Kier alpha value is -2.80. The normalized spacial score (nSPS) is 15.9. The number of alkyl halides is 3. The summed E-state index contributed by atoms with van der Waals surface area (Å²) in [5, 5.41) is 0.916. The predicted octanol–water partition coefficient (Wildman–Crippen LogP) is 4.14. The van der Waals surface area contributed by atoms with Crippen LogP contribution in [0.4, 0.5) is 13.2 Å². The zero-order chi connectivity index (χ0) is 19.7. The van der Waals surface area contributed by atoms with Gasteiger partial charge in [0.05, 0.1) is 11.1 Å². The molecule has 1 fully saturated rings. The molecule has 1 N–H and O–H groups in total. The summed E-state index contributed by atoms with van der Waals surface area (Å²) < 4.78 is 38.0. The van der Waals surface area contributed by atoms with Gasteiger partial charge in [0.2, 0.25) is 0 Å². The molecule has 2 heterocycles. The number of aromatic amines is 1. The van der Waals surface area contributed by atoms with E-state index in [4.69, 9.17) is 0 Å². The number of carbonyl (C=O) groups is 1. The topological polar surface area (TPSA) is 39.3 Å². The van der Waals surface area contributed by atoms with Gasteiger partial charge in [-0.1, -0.05) is 30.3 Å². The molecule has 0 atom stereocenters. The van der Waals surface area contributed by atoms with Crippen LogP contribution >= 0.6 is 0 Å². The van der Waals surface area contributed by atoms with Gasteiger partial charge in [0, 0.05) is 49.8 Å². The van der Waals surface area contributed by atoms with Gasteiger partial charge >= 0.3 is 6.18 Å². The summed E-state index contributed by atoms with van der Waals surface area (Å²) in [5.74, 6) is 0.00614. The van der Waals surface area contributed by atoms with Crippen LogP contribution in [0.15, 0.2) is 54.7 Å². The van der Waals surface area contributed by atoms with E-state index in [1.807, 2.05) is 29.2 Å². The van der Waals surface area contributed by atoms with E-state index in [2.05, 4.69) is 9.88 Å². The van der Waals surface area contributed by atoms with Gasteiger partial charge < -0.3 is 9.88 Å². The number of fused-ring (bicyclic) bond motifs is 1. The van der Waals surface area contributed by atoms with Gasteiger partial charge in [-0.3, -0.25) is 9.69 Å². The molecule has 3 aromatic rings. The van der Waals surface area contributed by atoms with Crippen molar-refractivity contribution in [3.05, 3.63) is 71.4 Å². The minimum Gasteiger partial charge on any atom is -0.360 e. The van der Waals surface area contributed by atoms with Gasteiger partial charge in [-0.25, -0.2) is 0 Å². The Balaban J connectivity index is 1.36. The summed E-state index contributed by atoms with van der Waals surface area (Å²) in [6.45, 7) is 3.15. The van der Waals surface area contributed by atoms with Crippen molar-refractivity contribution >= 4 is 16.8 Å². The number of halogens is 3. The molecule has 0 aliphatic carbocycles. The van der Waals surface area contributed by atoms with E-state index in [0.717, 1.165) is 28.6 Å². The third-order valence-corrected chi connectivity index (χ3v) is 5.17. The number of aromatic nitrogens is 1. The van der Waals surface area contributed by atoms with E-state index in [1.54, 1.807) is 6.20 Å².